The van der Waals surface area contributed by atoms with E-state index in [1.807, 2.05) is 18.2 Å². The lowest BCUT2D eigenvalue weighted by molar-refractivity contribution is -0.153. The third-order valence-electron chi connectivity index (χ3n) is 9.93. The topological polar surface area (TPSA) is 102 Å². The smallest absolute Gasteiger partial charge is 0.171 e. The Morgan fingerprint density at radius 2 is 1.90 bits per heavy atom. The first-order valence-corrected chi connectivity index (χ1v) is 14.1. The van der Waals surface area contributed by atoms with Gasteiger partial charge in [0.05, 0.1) is 36.7 Å². The lowest BCUT2D eigenvalue weighted by atomic mass is 9.60. The van der Waals surface area contributed by atoms with Gasteiger partial charge in [-0.3, -0.25) is 4.98 Å². The summed E-state index contributed by atoms with van der Waals surface area (Å²) in [5.41, 5.74) is -1.32. The molecule has 0 radical (unpaired) electrons. The van der Waals surface area contributed by atoms with Crippen molar-refractivity contribution in [2.24, 2.45) is 23.2 Å². The summed E-state index contributed by atoms with van der Waals surface area (Å²) in [5.74, 6) is 0.0109. The fourth-order valence-corrected chi connectivity index (χ4v) is 8.06. The number of rotatable bonds is 6. The normalized spacial score (nSPS) is 35.1. The van der Waals surface area contributed by atoms with Crippen LogP contribution in [0.1, 0.15) is 30.0 Å². The van der Waals surface area contributed by atoms with Crippen molar-refractivity contribution in [3.8, 4) is 17.6 Å². The highest BCUT2D eigenvalue weighted by atomic mass is 16.5. The molecule has 1 aromatic carbocycles. The SMILES string of the molecule is COc1cncc2c1[C@]1(O)[C@@H](CN3CCN(C)CC3)[C@H](CO)[C@@H](C3(C)C=CC=CC3)C1(c1ccc(C#N)cc1)O2. The summed E-state index contributed by atoms with van der Waals surface area (Å²) in [7, 11) is 3.72. The zero-order chi connectivity index (χ0) is 28.1. The Bertz CT molecular complexity index is 1360. The quantitative estimate of drug-likeness (QED) is 0.575. The van der Waals surface area contributed by atoms with Crippen molar-refractivity contribution in [1.29, 1.82) is 5.26 Å². The second kappa shape index (κ2) is 10.0. The molecule has 8 nitrogen and oxygen atoms in total. The van der Waals surface area contributed by atoms with Gasteiger partial charge < -0.3 is 29.5 Å². The summed E-state index contributed by atoms with van der Waals surface area (Å²) < 4.78 is 12.9. The van der Waals surface area contributed by atoms with Gasteiger partial charge in [-0.25, -0.2) is 0 Å². The minimum atomic E-state index is -1.54. The molecule has 2 aliphatic carbocycles. The van der Waals surface area contributed by atoms with E-state index in [9.17, 15) is 15.5 Å². The number of benzene rings is 1. The molecule has 0 spiro atoms. The lowest BCUT2D eigenvalue weighted by Gasteiger charge is -2.48. The fraction of sp³-hybridized carbons (Fsp3) is 0.500. The first-order chi connectivity index (χ1) is 19.3. The van der Waals surface area contributed by atoms with Crippen LogP contribution in [0.5, 0.6) is 11.5 Å². The zero-order valence-electron chi connectivity index (χ0n) is 23.5. The molecule has 2 aliphatic heterocycles. The van der Waals surface area contributed by atoms with Gasteiger partial charge in [-0.05, 0) is 42.5 Å². The Labute approximate surface area is 236 Å². The molecule has 2 aromatic rings. The molecule has 4 aliphatic rings. The van der Waals surface area contributed by atoms with Crippen LogP contribution in [0.25, 0.3) is 0 Å². The van der Waals surface area contributed by atoms with Crippen LogP contribution in [0.3, 0.4) is 0 Å². The molecule has 6 atom stereocenters. The van der Waals surface area contributed by atoms with Gasteiger partial charge in [0, 0.05) is 51.2 Å². The van der Waals surface area contributed by atoms with Crippen molar-refractivity contribution in [3.63, 3.8) is 0 Å². The number of aromatic nitrogens is 1. The maximum Gasteiger partial charge on any atom is 0.171 e. The number of ether oxygens (including phenoxy) is 2. The molecule has 210 valence electrons. The van der Waals surface area contributed by atoms with Crippen LogP contribution in [0.2, 0.25) is 0 Å². The number of likely N-dealkylation sites (N-methyl/N-ethyl adjacent to an activating group) is 1. The van der Waals surface area contributed by atoms with Crippen molar-refractivity contribution in [1.82, 2.24) is 14.8 Å². The number of hydrogen-bond acceptors (Lipinski definition) is 8. The number of aliphatic hydroxyl groups excluding tert-OH is 1. The molecule has 0 amide bonds. The molecule has 6 rings (SSSR count). The van der Waals surface area contributed by atoms with Gasteiger partial charge in [0.15, 0.2) is 5.60 Å². The molecule has 8 heteroatoms. The standard InChI is InChI=1S/C32H38N4O4/c1-30(11-5-4-6-12-30)29-24(21-37)25(20-36-15-13-35(2)14-16-36)31(38)28-26(39-3)18-34-19-27(28)40-32(29,31)23-9-7-22(17-33)8-10-23/h4-11,18-19,24-25,29,37-38H,12-16,20-21H2,1-3H3/t24-,25-,29-,30?,31+,32?/m0/s1. The Balaban J connectivity index is 1.62. The van der Waals surface area contributed by atoms with Crippen LogP contribution in [0, 0.1) is 34.5 Å². The van der Waals surface area contributed by atoms with E-state index in [2.05, 4.69) is 53.1 Å². The van der Waals surface area contributed by atoms with Gasteiger partial charge in [-0.1, -0.05) is 43.4 Å². The summed E-state index contributed by atoms with van der Waals surface area (Å²) in [6.07, 6.45) is 12.5. The number of allylic oxidation sites excluding steroid dienone is 4. The van der Waals surface area contributed by atoms with Crippen LogP contribution >= 0.6 is 0 Å². The number of nitrogens with zero attached hydrogens (tertiary/aromatic N) is 4. The maximum absolute atomic E-state index is 13.5. The number of hydrogen-bond donors (Lipinski definition) is 2. The number of fused-ring (bicyclic) bond motifs is 3. The van der Waals surface area contributed by atoms with Crippen LogP contribution in [0.4, 0.5) is 0 Å². The van der Waals surface area contributed by atoms with Crippen molar-refractivity contribution in [2.45, 2.75) is 24.5 Å². The van der Waals surface area contributed by atoms with Crippen molar-refractivity contribution in [3.05, 3.63) is 77.7 Å². The van der Waals surface area contributed by atoms with Crippen molar-refractivity contribution in [2.75, 3.05) is 53.5 Å². The summed E-state index contributed by atoms with van der Waals surface area (Å²) in [6, 6.07) is 9.58. The number of methoxy groups -OCH3 is 1. The number of aliphatic hydroxyl groups is 2. The second-order valence-electron chi connectivity index (χ2n) is 12.0. The number of nitriles is 1. The molecule has 40 heavy (non-hydrogen) atoms. The van der Waals surface area contributed by atoms with E-state index in [1.54, 1.807) is 31.6 Å². The molecule has 2 fully saturated rings. The summed E-state index contributed by atoms with van der Waals surface area (Å²) in [6.45, 7) is 6.38. The first-order valence-electron chi connectivity index (χ1n) is 14.1. The van der Waals surface area contributed by atoms with Gasteiger partial charge in [-0.15, -0.1) is 0 Å². The largest absolute Gasteiger partial charge is 0.495 e. The maximum atomic E-state index is 13.5. The van der Waals surface area contributed by atoms with Crippen LogP contribution in [-0.4, -0.2) is 78.5 Å². The fourth-order valence-electron chi connectivity index (χ4n) is 8.06. The predicted octanol–water partition coefficient (Wildman–Crippen LogP) is 3.06. The summed E-state index contributed by atoms with van der Waals surface area (Å²) >= 11 is 0. The van der Waals surface area contributed by atoms with Gasteiger partial charge >= 0.3 is 0 Å². The molecule has 2 N–H and O–H groups in total. The summed E-state index contributed by atoms with van der Waals surface area (Å²) in [4.78, 5) is 9.11. The number of pyridine rings is 1. The molecular weight excluding hydrogens is 504 g/mol. The third-order valence-corrected chi connectivity index (χ3v) is 9.93. The Morgan fingerprint density at radius 1 is 1.15 bits per heavy atom. The number of piperazine rings is 1. The highest BCUT2D eigenvalue weighted by Crippen LogP contribution is 2.72. The van der Waals surface area contributed by atoms with Gasteiger partial charge in [0.2, 0.25) is 0 Å². The molecular formula is C32H38N4O4. The monoisotopic (exact) mass is 542 g/mol. The van der Waals surface area contributed by atoms with E-state index in [0.29, 0.717) is 29.2 Å². The van der Waals surface area contributed by atoms with E-state index >= 15 is 0 Å². The minimum absolute atomic E-state index is 0.0946. The molecule has 0 bridgehead atoms. The minimum Gasteiger partial charge on any atom is -0.495 e. The van der Waals surface area contributed by atoms with Crippen LogP contribution < -0.4 is 9.47 Å². The zero-order valence-corrected chi connectivity index (χ0v) is 23.5. The molecule has 1 saturated heterocycles. The lowest BCUT2D eigenvalue weighted by Crippen LogP contribution is -2.55. The molecule has 3 heterocycles. The Kier molecular flexibility index (Phi) is 6.75. The molecule has 1 aromatic heterocycles. The van der Waals surface area contributed by atoms with Crippen molar-refractivity contribution >= 4 is 0 Å². The predicted molar refractivity (Wildman–Crippen MR) is 151 cm³/mol. The molecule has 2 unspecified atom stereocenters. The highest BCUT2D eigenvalue weighted by Gasteiger charge is 2.78. The van der Waals surface area contributed by atoms with Gasteiger partial charge in [0.25, 0.3) is 0 Å². The Hall–Kier alpha value is -3.22. The van der Waals surface area contributed by atoms with E-state index in [0.717, 1.165) is 38.2 Å². The Morgan fingerprint density at radius 3 is 2.52 bits per heavy atom. The van der Waals surface area contributed by atoms with Crippen molar-refractivity contribution < 1.29 is 19.7 Å². The van der Waals surface area contributed by atoms with Gasteiger partial charge in [0.1, 0.15) is 17.1 Å². The van der Waals surface area contributed by atoms with E-state index in [4.69, 9.17) is 9.47 Å². The van der Waals surface area contributed by atoms with E-state index in [1.165, 1.54) is 0 Å². The molecule has 1 saturated carbocycles. The van der Waals surface area contributed by atoms with Gasteiger partial charge in [-0.2, -0.15) is 5.26 Å². The first kappa shape index (κ1) is 27.0. The highest BCUT2D eigenvalue weighted by molar-refractivity contribution is 5.58. The third kappa shape index (κ3) is 3.76. The van der Waals surface area contributed by atoms with E-state index in [-0.39, 0.29) is 24.4 Å². The van der Waals surface area contributed by atoms with Crippen LogP contribution in [0.15, 0.2) is 61.0 Å². The summed E-state index contributed by atoms with van der Waals surface area (Å²) in [5, 5.41) is 34.2. The average Bonchev–Trinajstić information content (AvgIpc) is 3.37. The van der Waals surface area contributed by atoms with Crippen LogP contribution in [-0.2, 0) is 11.2 Å². The second-order valence-corrected chi connectivity index (χ2v) is 12.0. The average molecular weight is 543 g/mol. The van der Waals surface area contributed by atoms with E-state index < -0.39 is 16.6 Å².